The average Bonchev–Trinajstić information content (AvgIpc) is 2.32. The molecule has 0 bridgehead atoms. The number of anilines is 1. The molecule has 0 saturated heterocycles. The Morgan fingerprint density at radius 3 is 2.05 bits per heavy atom. The van der Waals surface area contributed by atoms with Gasteiger partial charge in [-0.1, -0.05) is 0 Å². The summed E-state index contributed by atoms with van der Waals surface area (Å²) in [5.41, 5.74) is 3.81. The first-order chi connectivity index (χ1) is 8.78. The summed E-state index contributed by atoms with van der Waals surface area (Å²) >= 11 is 0. The number of hydrogen-bond acceptors (Lipinski definition) is 3. The van der Waals surface area contributed by atoms with E-state index in [1.165, 1.54) is 4.72 Å². The third kappa shape index (κ3) is 4.06. The molecule has 0 radical (unpaired) electrons. The number of nitrogens with one attached hydrogen (secondary N) is 1. The van der Waals surface area contributed by atoms with Gasteiger partial charge in [-0.25, -0.2) is 26.0 Å². The number of sulfonamides is 1. The molecular weight excluding hydrogens is 288 g/mol. The first-order valence-electron chi connectivity index (χ1n) is 5.32. The summed E-state index contributed by atoms with van der Waals surface area (Å²) < 4.78 is 76.6. The number of unbranched alkanes of at least 4 members (excludes halogenated alkanes) is 1. The first-order valence-corrected chi connectivity index (χ1v) is 6.97. The van der Waals surface area contributed by atoms with Crippen LogP contribution in [0.15, 0.2) is 6.07 Å². The number of rotatable bonds is 6. The van der Waals surface area contributed by atoms with E-state index in [9.17, 15) is 26.0 Å². The van der Waals surface area contributed by atoms with Crippen molar-refractivity contribution in [1.29, 1.82) is 0 Å². The van der Waals surface area contributed by atoms with Crippen LogP contribution in [0.25, 0.3) is 0 Å². The third-order valence-electron chi connectivity index (χ3n) is 2.24. The van der Waals surface area contributed by atoms with Gasteiger partial charge in [0.25, 0.3) is 0 Å². The van der Waals surface area contributed by atoms with Crippen molar-refractivity contribution < 1.29 is 26.0 Å². The molecule has 1 aromatic carbocycles. The quantitative estimate of drug-likeness (QED) is 0.477. The minimum Gasteiger partial charge on any atom is -0.330 e. The highest BCUT2D eigenvalue weighted by Crippen LogP contribution is 2.25. The van der Waals surface area contributed by atoms with Gasteiger partial charge >= 0.3 is 0 Å². The monoisotopic (exact) mass is 300 g/mol. The lowest BCUT2D eigenvalue weighted by molar-refractivity contribution is 0.459. The molecule has 0 amide bonds. The van der Waals surface area contributed by atoms with Crippen LogP contribution >= 0.6 is 0 Å². The van der Waals surface area contributed by atoms with Gasteiger partial charge in [-0.2, -0.15) is 0 Å². The van der Waals surface area contributed by atoms with Crippen molar-refractivity contribution in [1.82, 2.24) is 0 Å². The molecule has 0 unspecified atom stereocenters. The summed E-state index contributed by atoms with van der Waals surface area (Å²) in [6, 6.07) is -0.00309. The topological polar surface area (TPSA) is 72.2 Å². The van der Waals surface area contributed by atoms with Gasteiger partial charge in [0.1, 0.15) is 5.69 Å². The molecule has 9 heteroatoms. The Morgan fingerprint density at radius 1 is 1.05 bits per heavy atom. The Kier molecular flexibility index (Phi) is 5.12. The molecule has 0 spiro atoms. The van der Waals surface area contributed by atoms with Crippen molar-refractivity contribution in [3.8, 4) is 0 Å². The zero-order chi connectivity index (χ0) is 14.6. The Balaban J connectivity index is 2.99. The number of benzene rings is 1. The second-order valence-corrected chi connectivity index (χ2v) is 5.60. The van der Waals surface area contributed by atoms with Crippen LogP contribution in [0, 0.1) is 23.3 Å². The van der Waals surface area contributed by atoms with E-state index in [0.717, 1.165) is 0 Å². The van der Waals surface area contributed by atoms with E-state index in [1.807, 2.05) is 0 Å². The molecule has 0 aliphatic carbocycles. The van der Waals surface area contributed by atoms with Crippen molar-refractivity contribution in [3.63, 3.8) is 0 Å². The summed E-state index contributed by atoms with van der Waals surface area (Å²) in [5.74, 6) is -7.40. The van der Waals surface area contributed by atoms with Gasteiger partial charge in [0.2, 0.25) is 10.0 Å². The molecule has 0 heterocycles. The summed E-state index contributed by atoms with van der Waals surface area (Å²) in [6.45, 7) is 0.257. The molecule has 0 fully saturated rings. The Labute approximate surface area is 107 Å². The minimum absolute atomic E-state index is 0.00309. The van der Waals surface area contributed by atoms with E-state index in [1.54, 1.807) is 0 Å². The van der Waals surface area contributed by atoms with Crippen molar-refractivity contribution in [2.75, 3.05) is 17.0 Å². The second kappa shape index (κ2) is 6.20. The van der Waals surface area contributed by atoms with Crippen LogP contribution in [0.2, 0.25) is 0 Å². The molecule has 0 saturated carbocycles. The first kappa shape index (κ1) is 15.7. The lowest BCUT2D eigenvalue weighted by atomic mass is 10.3. The Morgan fingerprint density at radius 2 is 1.58 bits per heavy atom. The molecule has 4 nitrogen and oxygen atoms in total. The smallest absolute Gasteiger partial charge is 0.232 e. The Hall–Kier alpha value is -1.35. The summed E-state index contributed by atoms with van der Waals surface area (Å²) in [6.07, 6.45) is 0.552. The van der Waals surface area contributed by atoms with Crippen LogP contribution in [0.4, 0.5) is 23.2 Å². The van der Waals surface area contributed by atoms with Gasteiger partial charge in [-0.05, 0) is 19.4 Å². The maximum Gasteiger partial charge on any atom is 0.232 e. The van der Waals surface area contributed by atoms with Gasteiger partial charge in [0.05, 0.1) is 5.75 Å². The molecule has 1 rings (SSSR count). The van der Waals surface area contributed by atoms with Crippen LogP contribution in [-0.4, -0.2) is 20.7 Å². The van der Waals surface area contributed by atoms with E-state index < -0.39 is 44.7 Å². The zero-order valence-electron chi connectivity index (χ0n) is 9.72. The van der Waals surface area contributed by atoms with E-state index >= 15 is 0 Å². The number of halogens is 4. The van der Waals surface area contributed by atoms with Gasteiger partial charge in [0.15, 0.2) is 23.3 Å². The molecule has 19 heavy (non-hydrogen) atoms. The molecule has 0 aliphatic rings. The zero-order valence-corrected chi connectivity index (χ0v) is 10.5. The van der Waals surface area contributed by atoms with E-state index in [-0.39, 0.29) is 19.0 Å². The largest absolute Gasteiger partial charge is 0.330 e. The van der Waals surface area contributed by atoms with Crippen molar-refractivity contribution in [3.05, 3.63) is 29.3 Å². The molecule has 1 aromatic rings. The third-order valence-corrected chi connectivity index (χ3v) is 3.58. The summed E-state index contributed by atoms with van der Waals surface area (Å²) in [4.78, 5) is 0. The highest BCUT2D eigenvalue weighted by atomic mass is 32.2. The number of nitrogens with two attached hydrogens (primary N) is 1. The highest BCUT2D eigenvalue weighted by molar-refractivity contribution is 7.92. The van der Waals surface area contributed by atoms with Crippen LogP contribution in [0.5, 0.6) is 0 Å². The second-order valence-electron chi connectivity index (χ2n) is 3.76. The standard InChI is InChI=1S/C10H12F4N2O2S/c11-6-5-7(12)9(14)10(8(6)13)16-19(17,18)4-2-1-3-15/h5,16H,1-4,15H2. The van der Waals surface area contributed by atoms with Crippen molar-refractivity contribution in [2.45, 2.75) is 12.8 Å². The van der Waals surface area contributed by atoms with Gasteiger partial charge in [-0.3, -0.25) is 4.72 Å². The molecule has 3 N–H and O–H groups in total. The SMILES string of the molecule is NCCCCS(=O)(=O)Nc1c(F)c(F)cc(F)c1F. The molecular formula is C10H12F4N2O2S. The van der Waals surface area contributed by atoms with E-state index in [4.69, 9.17) is 5.73 Å². The molecule has 0 aliphatic heterocycles. The van der Waals surface area contributed by atoms with Gasteiger partial charge < -0.3 is 5.73 Å². The predicted octanol–water partition coefficient (Wildman–Crippen LogP) is 1.72. The summed E-state index contributed by atoms with van der Waals surface area (Å²) in [7, 11) is -4.10. The fourth-order valence-electron chi connectivity index (χ4n) is 1.31. The maximum atomic E-state index is 13.2. The van der Waals surface area contributed by atoms with E-state index in [0.29, 0.717) is 6.42 Å². The fourth-order valence-corrected chi connectivity index (χ4v) is 2.48. The van der Waals surface area contributed by atoms with Crippen LogP contribution < -0.4 is 10.5 Å². The Bertz CT molecular complexity index is 537. The van der Waals surface area contributed by atoms with Crippen LogP contribution in [-0.2, 0) is 10.0 Å². The highest BCUT2D eigenvalue weighted by Gasteiger charge is 2.23. The average molecular weight is 300 g/mol. The predicted molar refractivity (Wildman–Crippen MR) is 62.0 cm³/mol. The molecule has 0 aromatic heterocycles. The summed E-state index contributed by atoms with van der Waals surface area (Å²) in [5, 5.41) is 0. The fraction of sp³-hybridized carbons (Fsp3) is 0.400. The normalized spacial score (nSPS) is 11.6. The van der Waals surface area contributed by atoms with Crippen molar-refractivity contribution >= 4 is 15.7 Å². The van der Waals surface area contributed by atoms with E-state index in [2.05, 4.69) is 0 Å². The molecule has 0 atom stereocenters. The van der Waals surface area contributed by atoms with Gasteiger partial charge in [-0.15, -0.1) is 0 Å². The van der Waals surface area contributed by atoms with Crippen LogP contribution in [0.1, 0.15) is 12.8 Å². The number of hydrogen-bond donors (Lipinski definition) is 2. The maximum absolute atomic E-state index is 13.2. The molecule has 108 valence electrons. The van der Waals surface area contributed by atoms with Crippen molar-refractivity contribution in [2.24, 2.45) is 5.73 Å². The van der Waals surface area contributed by atoms with Gasteiger partial charge in [0, 0.05) is 6.07 Å². The lowest BCUT2D eigenvalue weighted by Crippen LogP contribution is -2.20. The minimum atomic E-state index is -4.10. The van der Waals surface area contributed by atoms with Crippen LogP contribution in [0.3, 0.4) is 0 Å². The lowest BCUT2D eigenvalue weighted by Gasteiger charge is -2.10.